The van der Waals surface area contributed by atoms with E-state index >= 15 is 0 Å². The Bertz CT molecular complexity index is 1630. The highest BCUT2D eigenvalue weighted by molar-refractivity contribution is 9.10. The first kappa shape index (κ1) is 32.3. The number of hydrogen-bond donors (Lipinski definition) is 1. The molecule has 1 N–H and O–H groups in total. The number of nitrogens with one attached hydrogen (secondary N) is 1. The summed E-state index contributed by atoms with van der Waals surface area (Å²) in [5, 5.41) is 3.26. The molecule has 1 atom stereocenters. The minimum atomic E-state index is -4.19. The maximum absolute atomic E-state index is 14.3. The molecule has 7 nitrogen and oxygen atoms in total. The van der Waals surface area contributed by atoms with Gasteiger partial charge < -0.3 is 10.2 Å². The van der Waals surface area contributed by atoms with E-state index in [-0.39, 0.29) is 23.8 Å². The highest BCUT2D eigenvalue weighted by Gasteiger charge is 2.34. The van der Waals surface area contributed by atoms with Gasteiger partial charge in [0, 0.05) is 29.0 Å². The third-order valence-electron chi connectivity index (χ3n) is 6.89. The first-order chi connectivity index (χ1) is 20.6. The van der Waals surface area contributed by atoms with Crippen LogP contribution in [0.4, 0.5) is 5.69 Å². The molecule has 43 heavy (non-hydrogen) atoms. The van der Waals surface area contributed by atoms with Crippen molar-refractivity contribution in [3.8, 4) is 0 Å². The third kappa shape index (κ3) is 8.46. The van der Waals surface area contributed by atoms with Crippen LogP contribution in [-0.2, 0) is 32.6 Å². The van der Waals surface area contributed by atoms with Crippen LogP contribution >= 0.6 is 27.5 Å². The lowest BCUT2D eigenvalue weighted by Gasteiger charge is -2.34. The molecule has 0 saturated carbocycles. The number of carbonyl (C=O) groups excluding carboxylic acids is 2. The predicted molar refractivity (Wildman–Crippen MR) is 174 cm³/mol. The SMILES string of the molecule is CCNC(=O)[C@H](Cc1ccccc1)N(Cc1ccc(Br)cc1)C(=O)CN(c1ccc(C)cc1)S(=O)(=O)c1ccc(Cl)cc1. The van der Waals surface area contributed by atoms with E-state index in [0.29, 0.717) is 17.3 Å². The normalized spacial score (nSPS) is 11.9. The number of anilines is 1. The second-order valence-electron chi connectivity index (χ2n) is 10.0. The number of rotatable bonds is 12. The van der Waals surface area contributed by atoms with Crippen molar-refractivity contribution < 1.29 is 18.0 Å². The van der Waals surface area contributed by atoms with E-state index in [9.17, 15) is 18.0 Å². The average molecular weight is 683 g/mol. The summed E-state index contributed by atoms with van der Waals surface area (Å²) in [5.41, 5.74) is 2.93. The molecule has 10 heteroatoms. The smallest absolute Gasteiger partial charge is 0.264 e. The Morgan fingerprint density at radius 2 is 1.49 bits per heavy atom. The molecule has 0 bridgehead atoms. The van der Waals surface area contributed by atoms with Crippen molar-refractivity contribution in [3.05, 3.63) is 129 Å². The van der Waals surface area contributed by atoms with Crippen molar-refractivity contribution in [2.24, 2.45) is 0 Å². The molecule has 2 amide bonds. The summed E-state index contributed by atoms with van der Waals surface area (Å²) in [6.07, 6.45) is 0.253. The fraction of sp³-hybridized carbons (Fsp3) is 0.212. The van der Waals surface area contributed by atoms with Gasteiger partial charge in [0.2, 0.25) is 11.8 Å². The van der Waals surface area contributed by atoms with E-state index in [1.807, 2.05) is 68.4 Å². The Labute approximate surface area is 266 Å². The lowest BCUT2D eigenvalue weighted by Crippen LogP contribution is -2.53. The highest BCUT2D eigenvalue weighted by atomic mass is 79.9. The summed E-state index contributed by atoms with van der Waals surface area (Å²) < 4.78 is 30.0. The summed E-state index contributed by atoms with van der Waals surface area (Å²) in [6, 6.07) is 28.7. The second kappa shape index (κ2) is 14.7. The van der Waals surface area contributed by atoms with Crippen molar-refractivity contribution in [1.29, 1.82) is 0 Å². The number of sulfonamides is 1. The quantitative estimate of drug-likeness (QED) is 0.188. The molecule has 0 fully saturated rings. The first-order valence-electron chi connectivity index (χ1n) is 13.8. The second-order valence-corrected chi connectivity index (χ2v) is 13.3. The number of likely N-dealkylation sites (N-methyl/N-ethyl adjacent to an activating group) is 1. The Balaban J connectivity index is 1.78. The first-order valence-corrected chi connectivity index (χ1v) is 16.4. The van der Waals surface area contributed by atoms with Crippen LogP contribution in [0.5, 0.6) is 0 Å². The van der Waals surface area contributed by atoms with Crippen molar-refractivity contribution in [3.63, 3.8) is 0 Å². The van der Waals surface area contributed by atoms with Gasteiger partial charge in [0.25, 0.3) is 10.0 Å². The Morgan fingerprint density at radius 1 is 0.860 bits per heavy atom. The van der Waals surface area contributed by atoms with Crippen LogP contribution in [0, 0.1) is 6.92 Å². The molecule has 0 heterocycles. The fourth-order valence-electron chi connectivity index (χ4n) is 4.61. The van der Waals surface area contributed by atoms with Gasteiger partial charge in [-0.05, 0) is 73.5 Å². The minimum Gasteiger partial charge on any atom is -0.355 e. The van der Waals surface area contributed by atoms with E-state index in [1.165, 1.54) is 29.2 Å². The van der Waals surface area contributed by atoms with E-state index in [1.54, 1.807) is 24.3 Å². The van der Waals surface area contributed by atoms with Gasteiger partial charge in [-0.25, -0.2) is 8.42 Å². The van der Waals surface area contributed by atoms with Crippen LogP contribution in [0.1, 0.15) is 23.6 Å². The van der Waals surface area contributed by atoms with Gasteiger partial charge in [-0.2, -0.15) is 0 Å². The Kier molecular flexibility index (Phi) is 11.0. The topological polar surface area (TPSA) is 86.8 Å². The maximum Gasteiger partial charge on any atom is 0.264 e. The molecule has 4 rings (SSSR count). The molecule has 4 aromatic carbocycles. The molecule has 0 aliphatic heterocycles. The van der Waals surface area contributed by atoms with Crippen LogP contribution < -0.4 is 9.62 Å². The van der Waals surface area contributed by atoms with Crippen LogP contribution in [0.15, 0.2) is 112 Å². The summed E-state index contributed by atoms with van der Waals surface area (Å²) >= 11 is 9.48. The summed E-state index contributed by atoms with van der Waals surface area (Å²) in [4.78, 5) is 29.3. The highest BCUT2D eigenvalue weighted by Crippen LogP contribution is 2.26. The fourth-order valence-corrected chi connectivity index (χ4v) is 6.41. The Morgan fingerprint density at radius 3 is 2.09 bits per heavy atom. The number of halogens is 2. The molecule has 224 valence electrons. The number of nitrogens with zero attached hydrogens (tertiary/aromatic N) is 2. The standard InChI is InChI=1S/C33H33BrClN3O4S/c1-3-36-33(40)31(21-25-7-5-4-6-8-25)37(22-26-11-13-27(34)14-12-26)32(39)23-38(29-17-9-24(2)10-18-29)43(41,42)30-19-15-28(35)16-20-30/h4-20,31H,3,21-23H2,1-2H3,(H,36,40)/t31-/m0/s1. The molecule has 0 aromatic heterocycles. The zero-order valence-corrected chi connectivity index (χ0v) is 27.1. The molecular weight excluding hydrogens is 650 g/mol. The van der Waals surface area contributed by atoms with Crippen LogP contribution in [-0.4, -0.2) is 44.3 Å². The van der Waals surface area contributed by atoms with Gasteiger partial charge >= 0.3 is 0 Å². The van der Waals surface area contributed by atoms with Crippen LogP contribution in [0.25, 0.3) is 0 Å². The van der Waals surface area contributed by atoms with Gasteiger partial charge in [0.05, 0.1) is 10.6 Å². The number of aryl methyl sites for hydroxylation is 1. The van der Waals surface area contributed by atoms with Gasteiger partial charge in [-0.1, -0.05) is 87.7 Å². The van der Waals surface area contributed by atoms with Gasteiger partial charge in [-0.15, -0.1) is 0 Å². The monoisotopic (exact) mass is 681 g/mol. The number of amides is 2. The molecule has 0 unspecified atom stereocenters. The van der Waals surface area contributed by atoms with E-state index in [0.717, 1.165) is 25.5 Å². The number of hydrogen-bond acceptors (Lipinski definition) is 4. The molecule has 0 saturated heterocycles. The van der Waals surface area contributed by atoms with Gasteiger partial charge in [0.1, 0.15) is 12.6 Å². The lowest BCUT2D eigenvalue weighted by molar-refractivity contribution is -0.140. The van der Waals surface area contributed by atoms with Gasteiger partial charge in [-0.3, -0.25) is 13.9 Å². The molecule has 0 aliphatic rings. The zero-order chi connectivity index (χ0) is 31.0. The zero-order valence-electron chi connectivity index (χ0n) is 23.9. The van der Waals surface area contributed by atoms with E-state index in [4.69, 9.17) is 11.6 Å². The van der Waals surface area contributed by atoms with Crippen molar-refractivity contribution >= 4 is 55.1 Å². The van der Waals surface area contributed by atoms with Gasteiger partial charge in [0.15, 0.2) is 0 Å². The molecule has 0 aliphatic carbocycles. The third-order valence-corrected chi connectivity index (χ3v) is 9.46. The van der Waals surface area contributed by atoms with Crippen LogP contribution in [0.3, 0.4) is 0 Å². The van der Waals surface area contributed by atoms with Crippen molar-refractivity contribution in [2.75, 3.05) is 17.4 Å². The largest absolute Gasteiger partial charge is 0.355 e. The minimum absolute atomic E-state index is 0.00528. The average Bonchev–Trinajstić information content (AvgIpc) is 3.00. The molecular formula is C33H33BrClN3O4S. The molecule has 4 aromatic rings. The summed E-state index contributed by atoms with van der Waals surface area (Å²) in [5.74, 6) is -0.840. The maximum atomic E-state index is 14.3. The van der Waals surface area contributed by atoms with E-state index in [2.05, 4.69) is 21.2 Å². The Hall–Kier alpha value is -3.66. The summed E-state index contributed by atoms with van der Waals surface area (Å²) in [7, 11) is -4.19. The number of benzene rings is 4. The van der Waals surface area contributed by atoms with Crippen molar-refractivity contribution in [1.82, 2.24) is 10.2 Å². The lowest BCUT2D eigenvalue weighted by atomic mass is 10.0. The summed E-state index contributed by atoms with van der Waals surface area (Å²) in [6.45, 7) is 3.67. The van der Waals surface area contributed by atoms with Crippen molar-refractivity contribution in [2.45, 2.75) is 37.8 Å². The van der Waals surface area contributed by atoms with Crippen LogP contribution in [0.2, 0.25) is 5.02 Å². The molecule has 0 radical (unpaired) electrons. The molecule has 0 spiro atoms. The predicted octanol–water partition coefficient (Wildman–Crippen LogP) is 6.38. The van der Waals surface area contributed by atoms with E-state index < -0.39 is 28.5 Å². The number of carbonyl (C=O) groups is 2.